The molecule has 154 valence electrons. The first-order valence-corrected chi connectivity index (χ1v) is 9.82. The Morgan fingerprint density at radius 3 is 1.90 bits per heavy atom. The number of aliphatic hydroxyl groups is 1. The summed E-state index contributed by atoms with van der Waals surface area (Å²) in [5, 5.41) is 20.0. The first kappa shape index (κ1) is 20.2. The number of nitrogens with zero attached hydrogens (tertiary/aromatic N) is 1. The average Bonchev–Trinajstić information content (AvgIpc) is 2.75. The second kappa shape index (κ2) is 7.97. The molecule has 3 aromatic carbocycles. The van der Waals surface area contributed by atoms with E-state index in [4.69, 9.17) is 0 Å². The highest BCUT2D eigenvalue weighted by molar-refractivity contribution is 6.02. The molecule has 0 aliphatic carbocycles. The van der Waals surface area contributed by atoms with E-state index >= 15 is 0 Å². The van der Waals surface area contributed by atoms with Crippen LogP contribution in [-0.4, -0.2) is 22.7 Å². The van der Waals surface area contributed by atoms with Gasteiger partial charge >= 0.3 is 5.91 Å². The molecule has 1 aliphatic rings. The van der Waals surface area contributed by atoms with Crippen LogP contribution in [0.15, 0.2) is 72.8 Å². The van der Waals surface area contributed by atoms with Crippen molar-refractivity contribution in [2.24, 2.45) is 5.92 Å². The lowest BCUT2D eigenvalue weighted by Gasteiger charge is -2.46. The number of carbonyl (C=O) groups is 1. The molecule has 4 nitrogen and oxygen atoms in total. The minimum Gasteiger partial charge on any atom is -0.508 e. The van der Waals surface area contributed by atoms with Crippen molar-refractivity contribution in [3.63, 3.8) is 0 Å². The zero-order chi connectivity index (χ0) is 21.3. The zero-order valence-corrected chi connectivity index (χ0v) is 16.2. The van der Waals surface area contributed by atoms with Crippen molar-refractivity contribution in [1.82, 2.24) is 4.48 Å². The molecule has 1 heterocycles. The Kier molecular flexibility index (Phi) is 5.37. The summed E-state index contributed by atoms with van der Waals surface area (Å²) in [5.74, 6) is -0.953. The van der Waals surface area contributed by atoms with Crippen molar-refractivity contribution in [2.75, 3.05) is 6.54 Å². The fraction of sp³-hybridized carbons (Fsp3) is 0.208. The van der Waals surface area contributed by atoms with Crippen LogP contribution in [0.2, 0.25) is 0 Å². The van der Waals surface area contributed by atoms with Gasteiger partial charge in [0.15, 0.2) is 0 Å². The second-order valence-corrected chi connectivity index (χ2v) is 7.67. The van der Waals surface area contributed by atoms with E-state index in [1.54, 1.807) is 24.3 Å². The van der Waals surface area contributed by atoms with Gasteiger partial charge in [0.25, 0.3) is 0 Å². The number of carbonyl (C=O) groups excluding carboxylic acids is 1. The summed E-state index contributed by atoms with van der Waals surface area (Å²) >= 11 is 0. The predicted octanol–water partition coefficient (Wildman–Crippen LogP) is 4.98. The summed E-state index contributed by atoms with van der Waals surface area (Å²) < 4.78 is 26.5. The number of quaternary nitrogens is 1. The molecule has 0 spiro atoms. The summed E-state index contributed by atoms with van der Waals surface area (Å²) in [5.41, 5.74) is 1.96. The maximum Gasteiger partial charge on any atom is 0.332 e. The Bertz CT molecular complexity index is 988. The summed E-state index contributed by atoms with van der Waals surface area (Å²) in [6.07, 6.45) is 0.0814. The number of β-lactam (4-membered cyclic amide) rings is 1. The minimum atomic E-state index is -0.777. The van der Waals surface area contributed by atoms with Crippen LogP contribution < -0.4 is 4.48 Å². The molecule has 0 radical (unpaired) electrons. The molecule has 0 bridgehead atoms. The molecule has 3 atom stereocenters. The number of halogens is 2. The summed E-state index contributed by atoms with van der Waals surface area (Å²) in [6, 6.07) is 18.0. The lowest BCUT2D eigenvalue weighted by atomic mass is 9.86. The van der Waals surface area contributed by atoms with Crippen molar-refractivity contribution < 1.29 is 23.8 Å². The average molecular weight is 410 g/mol. The van der Waals surface area contributed by atoms with Crippen molar-refractivity contribution in [3.8, 4) is 5.75 Å². The van der Waals surface area contributed by atoms with Crippen LogP contribution in [0.1, 0.15) is 24.5 Å². The topological polar surface area (TPSA) is 57.5 Å². The van der Waals surface area contributed by atoms with E-state index < -0.39 is 6.10 Å². The van der Waals surface area contributed by atoms with Crippen LogP contribution in [0.25, 0.3) is 0 Å². The lowest BCUT2D eigenvalue weighted by molar-refractivity contribution is -0.142. The minimum absolute atomic E-state index is 0.0430. The van der Waals surface area contributed by atoms with Gasteiger partial charge in [0, 0.05) is 24.3 Å². The highest BCUT2D eigenvalue weighted by atomic mass is 19.1. The van der Waals surface area contributed by atoms with Gasteiger partial charge in [0.2, 0.25) is 0 Å². The number of aromatic hydroxyl groups is 1. The molecule has 1 fully saturated rings. The third kappa shape index (κ3) is 3.60. The molecule has 3 aromatic rings. The van der Waals surface area contributed by atoms with Crippen LogP contribution in [0, 0.1) is 17.6 Å². The number of aliphatic hydroxyl groups excluding tert-OH is 1. The highest BCUT2D eigenvalue weighted by Gasteiger charge is 2.57. The largest absolute Gasteiger partial charge is 0.508 e. The van der Waals surface area contributed by atoms with E-state index in [0.29, 0.717) is 36.3 Å². The number of rotatable bonds is 6. The number of phenols is 1. The number of amides is 1. The van der Waals surface area contributed by atoms with Gasteiger partial charge in [-0.2, -0.15) is 4.48 Å². The Labute approximate surface area is 173 Å². The Morgan fingerprint density at radius 1 is 0.867 bits per heavy atom. The monoisotopic (exact) mass is 410 g/mol. The van der Waals surface area contributed by atoms with Crippen LogP contribution in [-0.2, 0) is 4.79 Å². The molecule has 1 aliphatic heterocycles. The predicted molar refractivity (Wildman–Crippen MR) is 110 cm³/mol. The summed E-state index contributed by atoms with van der Waals surface area (Å²) in [4.78, 5) is 13.3. The number of hydrogen-bond donors (Lipinski definition) is 2. The molecular weight excluding hydrogens is 388 g/mol. The van der Waals surface area contributed by atoms with Crippen LogP contribution in [0.4, 0.5) is 20.2 Å². The standard InChI is InChI=1S/C24H21F2NO3/c25-18-4-1-16(2-5-18)23(29)14-3-17-15-27(24(17)30,20-8-6-19(26)7-9-20)21-10-12-22(28)13-11-21/h1-2,4-13,17,23,29H,3,14-15H2/p+1/t17-,23+,27?/m1/s1. The van der Waals surface area contributed by atoms with Crippen LogP contribution >= 0.6 is 0 Å². The number of hydrogen-bond acceptors (Lipinski definition) is 3. The van der Waals surface area contributed by atoms with Crippen LogP contribution in [0.3, 0.4) is 0 Å². The molecule has 0 saturated carbocycles. The molecule has 0 aromatic heterocycles. The molecular formula is C24H22F2NO3+. The molecule has 1 saturated heterocycles. The molecule has 2 N–H and O–H groups in total. The van der Waals surface area contributed by atoms with Gasteiger partial charge in [0.05, 0.1) is 6.10 Å². The first-order valence-electron chi connectivity index (χ1n) is 9.82. The highest BCUT2D eigenvalue weighted by Crippen LogP contribution is 2.46. The van der Waals surface area contributed by atoms with Crippen LogP contribution in [0.5, 0.6) is 5.75 Å². The molecule has 6 heteroatoms. The van der Waals surface area contributed by atoms with E-state index in [1.807, 2.05) is 0 Å². The quantitative estimate of drug-likeness (QED) is 0.445. The molecule has 30 heavy (non-hydrogen) atoms. The van der Waals surface area contributed by atoms with Crippen molar-refractivity contribution >= 4 is 17.3 Å². The molecule has 4 rings (SSSR count). The van der Waals surface area contributed by atoms with E-state index in [0.717, 1.165) is 0 Å². The van der Waals surface area contributed by atoms with Gasteiger partial charge in [-0.1, -0.05) is 12.1 Å². The van der Waals surface area contributed by atoms with Gasteiger partial charge in [-0.3, -0.25) is 0 Å². The Balaban J connectivity index is 1.54. The second-order valence-electron chi connectivity index (χ2n) is 7.67. The van der Waals surface area contributed by atoms with Gasteiger partial charge in [-0.05, 0) is 54.8 Å². The van der Waals surface area contributed by atoms with Gasteiger partial charge in [0.1, 0.15) is 41.2 Å². The fourth-order valence-corrected chi connectivity index (χ4v) is 4.14. The molecule has 1 unspecified atom stereocenters. The SMILES string of the molecule is O=C1[C@H](CC[C@H](O)c2ccc(F)cc2)C[N+]1(c1ccc(O)cc1)c1ccc(F)cc1. The lowest BCUT2D eigenvalue weighted by Crippen LogP contribution is -2.66. The van der Waals surface area contributed by atoms with E-state index in [2.05, 4.69) is 0 Å². The first-order chi connectivity index (χ1) is 14.4. The Hall–Kier alpha value is -3.09. The van der Waals surface area contributed by atoms with Crippen molar-refractivity contribution in [2.45, 2.75) is 18.9 Å². The smallest absolute Gasteiger partial charge is 0.332 e. The van der Waals surface area contributed by atoms with Gasteiger partial charge in [-0.15, -0.1) is 0 Å². The van der Waals surface area contributed by atoms with Gasteiger partial charge < -0.3 is 10.2 Å². The maximum atomic E-state index is 13.4. The summed E-state index contributed by atoms with van der Waals surface area (Å²) in [7, 11) is 0. The van der Waals surface area contributed by atoms with Crippen molar-refractivity contribution in [1.29, 1.82) is 0 Å². The van der Waals surface area contributed by atoms with Gasteiger partial charge in [-0.25, -0.2) is 13.6 Å². The third-order valence-corrected chi connectivity index (χ3v) is 5.82. The maximum absolute atomic E-state index is 13.4. The van der Waals surface area contributed by atoms with E-state index in [1.165, 1.54) is 48.5 Å². The molecule has 1 amide bonds. The number of benzene rings is 3. The third-order valence-electron chi connectivity index (χ3n) is 5.82. The van der Waals surface area contributed by atoms with E-state index in [9.17, 15) is 23.8 Å². The fourth-order valence-electron chi connectivity index (χ4n) is 4.14. The summed E-state index contributed by atoms with van der Waals surface area (Å²) in [6.45, 7) is 0.478. The van der Waals surface area contributed by atoms with E-state index in [-0.39, 0.29) is 33.7 Å². The normalized spacial score (nSPS) is 21.8. The Morgan fingerprint density at radius 2 is 1.37 bits per heavy atom. The zero-order valence-electron chi connectivity index (χ0n) is 16.2. The number of phenolic OH excluding ortho intramolecular Hbond substituents is 1. The van der Waals surface area contributed by atoms with Crippen molar-refractivity contribution in [3.05, 3.63) is 90.0 Å².